The van der Waals surface area contributed by atoms with Crippen molar-refractivity contribution >= 4 is 17.6 Å². The molecule has 0 aromatic heterocycles. The minimum absolute atomic E-state index is 0.00741. The standard InChI is InChI=1S/C21H23ClO5/c1-11(2)7-15(22)14-5-6-17-18(20(14)25-4)21(24)26-10-13-8-12(3)9-16(23)19(13)27-17/h5-6,8-9,11,15,23H,7,10H2,1-4H3. The minimum Gasteiger partial charge on any atom is -0.504 e. The number of alkyl halides is 1. The predicted octanol–water partition coefficient (Wildman–Crippen LogP) is 5.50. The van der Waals surface area contributed by atoms with Gasteiger partial charge in [-0.2, -0.15) is 0 Å². The molecule has 1 N–H and O–H groups in total. The molecule has 0 fully saturated rings. The van der Waals surface area contributed by atoms with Crippen LogP contribution in [-0.4, -0.2) is 18.2 Å². The van der Waals surface area contributed by atoms with Crippen molar-refractivity contribution in [1.82, 2.24) is 0 Å². The fourth-order valence-corrected chi connectivity index (χ4v) is 3.77. The van der Waals surface area contributed by atoms with Gasteiger partial charge in [0.25, 0.3) is 0 Å². The first-order valence-corrected chi connectivity index (χ1v) is 9.27. The number of benzene rings is 2. The number of esters is 1. The van der Waals surface area contributed by atoms with Crippen molar-refractivity contribution < 1.29 is 24.1 Å². The summed E-state index contributed by atoms with van der Waals surface area (Å²) in [5.41, 5.74) is 2.33. The van der Waals surface area contributed by atoms with Crippen LogP contribution in [0.1, 0.15) is 52.7 Å². The first-order valence-electron chi connectivity index (χ1n) is 8.84. The molecule has 0 amide bonds. The van der Waals surface area contributed by atoms with Crippen molar-refractivity contribution in [2.75, 3.05) is 7.11 Å². The first-order chi connectivity index (χ1) is 12.8. The fourth-order valence-electron chi connectivity index (χ4n) is 3.24. The summed E-state index contributed by atoms with van der Waals surface area (Å²) >= 11 is 6.56. The molecule has 0 saturated heterocycles. The summed E-state index contributed by atoms with van der Waals surface area (Å²) in [6, 6.07) is 6.87. The van der Waals surface area contributed by atoms with E-state index in [1.807, 2.05) is 13.0 Å². The quantitative estimate of drug-likeness (QED) is 0.551. The summed E-state index contributed by atoms with van der Waals surface area (Å²) in [6.45, 7) is 5.99. The summed E-state index contributed by atoms with van der Waals surface area (Å²) in [5.74, 6) is 0.696. The van der Waals surface area contributed by atoms with Gasteiger partial charge in [-0.1, -0.05) is 19.9 Å². The second kappa shape index (κ2) is 7.69. The fraction of sp³-hybridized carbons (Fsp3) is 0.381. The lowest BCUT2D eigenvalue weighted by Gasteiger charge is -2.23. The van der Waals surface area contributed by atoms with Crippen molar-refractivity contribution in [2.45, 2.75) is 39.2 Å². The molecule has 5 nitrogen and oxygen atoms in total. The number of cyclic esters (lactones) is 1. The Labute approximate surface area is 163 Å². The van der Waals surface area contributed by atoms with E-state index in [0.29, 0.717) is 22.8 Å². The highest BCUT2D eigenvalue weighted by atomic mass is 35.5. The Bertz CT molecular complexity index is 875. The first kappa shape index (κ1) is 19.4. The molecular formula is C21H23ClO5. The van der Waals surface area contributed by atoms with E-state index in [-0.39, 0.29) is 34.8 Å². The molecule has 2 aromatic carbocycles. The molecular weight excluding hydrogens is 368 g/mol. The van der Waals surface area contributed by atoms with Crippen molar-refractivity contribution in [2.24, 2.45) is 5.92 Å². The lowest BCUT2D eigenvalue weighted by atomic mass is 9.98. The third-order valence-corrected chi connectivity index (χ3v) is 4.85. The molecule has 1 aliphatic rings. The highest BCUT2D eigenvalue weighted by Crippen LogP contribution is 2.45. The Balaban J connectivity index is 2.13. The molecule has 0 spiro atoms. The average molecular weight is 391 g/mol. The number of aromatic hydroxyl groups is 1. The van der Waals surface area contributed by atoms with Gasteiger partial charge >= 0.3 is 5.97 Å². The lowest BCUT2D eigenvalue weighted by molar-refractivity contribution is 0.0454. The number of phenolic OH excluding ortho intramolecular Hbond substituents is 1. The maximum atomic E-state index is 12.7. The Hall–Kier alpha value is -2.40. The Morgan fingerprint density at radius 3 is 2.70 bits per heavy atom. The molecule has 3 rings (SSSR count). The summed E-state index contributed by atoms with van der Waals surface area (Å²) in [6.07, 6.45) is 0.732. The molecule has 0 radical (unpaired) electrons. The number of fused-ring (bicyclic) bond motifs is 2. The number of carbonyl (C=O) groups excluding carboxylic acids is 1. The van der Waals surface area contributed by atoms with E-state index in [1.54, 1.807) is 18.2 Å². The van der Waals surface area contributed by atoms with Crippen LogP contribution in [0.15, 0.2) is 24.3 Å². The number of carbonyl (C=O) groups is 1. The van der Waals surface area contributed by atoms with Crippen molar-refractivity contribution in [3.8, 4) is 23.0 Å². The van der Waals surface area contributed by atoms with Gasteiger partial charge in [0.2, 0.25) is 0 Å². The van der Waals surface area contributed by atoms with Gasteiger partial charge in [0.05, 0.1) is 12.5 Å². The molecule has 27 heavy (non-hydrogen) atoms. The van der Waals surface area contributed by atoms with Gasteiger partial charge in [-0.05, 0) is 43.0 Å². The Kier molecular flexibility index (Phi) is 5.51. The summed E-state index contributed by atoms with van der Waals surface area (Å²) in [4.78, 5) is 12.7. The molecule has 0 aliphatic carbocycles. The molecule has 1 atom stereocenters. The molecule has 6 heteroatoms. The maximum Gasteiger partial charge on any atom is 0.346 e. The van der Waals surface area contributed by atoms with Gasteiger partial charge in [-0.25, -0.2) is 4.79 Å². The van der Waals surface area contributed by atoms with Crippen LogP contribution in [0.2, 0.25) is 0 Å². The monoisotopic (exact) mass is 390 g/mol. The highest BCUT2D eigenvalue weighted by molar-refractivity contribution is 6.21. The van der Waals surface area contributed by atoms with Gasteiger partial charge in [0.1, 0.15) is 23.7 Å². The zero-order valence-corrected chi connectivity index (χ0v) is 16.6. The van der Waals surface area contributed by atoms with Crippen LogP contribution in [0.3, 0.4) is 0 Å². The SMILES string of the molecule is COc1c(C(Cl)CC(C)C)ccc2c1C(=O)OCc1cc(C)cc(O)c1O2. The molecule has 2 aromatic rings. The van der Waals surface area contributed by atoms with E-state index in [1.165, 1.54) is 7.11 Å². The number of phenols is 1. The number of methoxy groups -OCH3 is 1. The molecule has 1 heterocycles. The number of halogens is 1. The third-order valence-electron chi connectivity index (χ3n) is 4.44. The predicted molar refractivity (Wildman–Crippen MR) is 103 cm³/mol. The number of hydrogen-bond acceptors (Lipinski definition) is 5. The average Bonchev–Trinajstić information content (AvgIpc) is 2.59. The van der Waals surface area contributed by atoms with E-state index in [9.17, 15) is 9.90 Å². The van der Waals surface area contributed by atoms with Crippen LogP contribution in [-0.2, 0) is 11.3 Å². The number of hydrogen-bond donors (Lipinski definition) is 1. The van der Waals surface area contributed by atoms with Gasteiger partial charge in [-0.15, -0.1) is 11.6 Å². The van der Waals surface area contributed by atoms with E-state index in [4.69, 9.17) is 25.8 Å². The minimum atomic E-state index is -0.552. The van der Waals surface area contributed by atoms with Crippen molar-refractivity contribution in [1.29, 1.82) is 0 Å². The Morgan fingerprint density at radius 2 is 2.04 bits per heavy atom. The zero-order chi connectivity index (χ0) is 19.7. The molecule has 0 bridgehead atoms. The van der Waals surface area contributed by atoms with Gasteiger partial charge in [-0.3, -0.25) is 0 Å². The lowest BCUT2D eigenvalue weighted by Crippen LogP contribution is -2.14. The zero-order valence-electron chi connectivity index (χ0n) is 15.8. The summed E-state index contributed by atoms with van der Waals surface area (Å²) < 4.78 is 16.9. The number of ether oxygens (including phenoxy) is 3. The number of aryl methyl sites for hydroxylation is 1. The van der Waals surface area contributed by atoms with Crippen LogP contribution in [0.5, 0.6) is 23.0 Å². The molecule has 0 saturated carbocycles. The highest BCUT2D eigenvalue weighted by Gasteiger charge is 2.29. The summed E-state index contributed by atoms with van der Waals surface area (Å²) in [7, 11) is 1.49. The number of rotatable bonds is 4. The van der Waals surface area contributed by atoms with Crippen LogP contribution in [0.25, 0.3) is 0 Å². The van der Waals surface area contributed by atoms with Crippen LogP contribution >= 0.6 is 11.6 Å². The van der Waals surface area contributed by atoms with Crippen molar-refractivity contribution in [3.63, 3.8) is 0 Å². The third kappa shape index (κ3) is 3.83. The largest absolute Gasteiger partial charge is 0.504 e. The van der Waals surface area contributed by atoms with Gasteiger partial charge < -0.3 is 19.3 Å². The maximum absolute atomic E-state index is 12.7. The van der Waals surface area contributed by atoms with Crippen LogP contribution in [0.4, 0.5) is 0 Å². The van der Waals surface area contributed by atoms with Gasteiger partial charge in [0, 0.05) is 11.1 Å². The molecule has 1 aliphatic heterocycles. The van der Waals surface area contributed by atoms with E-state index in [0.717, 1.165) is 12.0 Å². The molecule has 1 unspecified atom stereocenters. The normalized spacial score (nSPS) is 14.4. The Morgan fingerprint density at radius 1 is 1.30 bits per heavy atom. The second-order valence-corrected chi connectivity index (χ2v) is 7.64. The topological polar surface area (TPSA) is 65.0 Å². The van der Waals surface area contributed by atoms with Gasteiger partial charge in [0.15, 0.2) is 11.5 Å². The second-order valence-electron chi connectivity index (χ2n) is 7.11. The molecule has 144 valence electrons. The van der Waals surface area contributed by atoms with Crippen LogP contribution < -0.4 is 9.47 Å². The van der Waals surface area contributed by atoms with E-state index in [2.05, 4.69) is 13.8 Å². The van der Waals surface area contributed by atoms with Crippen molar-refractivity contribution in [3.05, 3.63) is 46.5 Å². The smallest absolute Gasteiger partial charge is 0.346 e. The van der Waals surface area contributed by atoms with E-state index < -0.39 is 5.97 Å². The van der Waals surface area contributed by atoms with Crippen LogP contribution in [0, 0.1) is 12.8 Å². The summed E-state index contributed by atoms with van der Waals surface area (Å²) in [5, 5.41) is 9.98. The van der Waals surface area contributed by atoms with E-state index >= 15 is 0 Å².